The minimum Gasteiger partial charge on any atom is -0.497 e. The Labute approximate surface area is 99.8 Å². The zero-order valence-electron chi connectivity index (χ0n) is 9.27. The molecule has 1 aromatic carbocycles. The van der Waals surface area contributed by atoms with E-state index in [0.29, 0.717) is 17.4 Å². The number of carbonyl (C=O) groups is 1. The molecule has 4 nitrogen and oxygen atoms in total. The normalized spacial score (nSPS) is 9.94. The molecule has 0 radical (unpaired) electrons. The number of hydrogen-bond acceptors (Lipinski definition) is 3. The van der Waals surface area contributed by atoms with Gasteiger partial charge in [0.05, 0.1) is 14.2 Å². The van der Waals surface area contributed by atoms with E-state index in [9.17, 15) is 4.79 Å². The summed E-state index contributed by atoms with van der Waals surface area (Å²) in [6, 6.07) is 7.54. The van der Waals surface area contributed by atoms with Gasteiger partial charge in [0.25, 0.3) is 5.91 Å². The van der Waals surface area contributed by atoms with E-state index >= 15 is 0 Å². The molecule has 0 unspecified atom stereocenters. The molecule has 0 aliphatic heterocycles. The molecule has 0 fully saturated rings. The monoisotopic (exact) mass is 243 g/mol. The average Bonchev–Trinajstić information content (AvgIpc) is 2.35. The Morgan fingerprint density at radius 1 is 1.31 bits per heavy atom. The third kappa shape index (κ3) is 3.72. The molecule has 1 amide bonds. The van der Waals surface area contributed by atoms with Gasteiger partial charge in [-0.2, -0.15) is 0 Å². The molecule has 16 heavy (non-hydrogen) atoms. The number of methoxy groups -OCH3 is 1. The summed E-state index contributed by atoms with van der Waals surface area (Å²) < 4.78 is 5.75. The van der Waals surface area contributed by atoms with Crippen LogP contribution in [0.4, 0.5) is 0 Å². The van der Waals surface area contributed by atoms with Crippen LogP contribution in [0.25, 0.3) is 0 Å². The zero-order valence-corrected chi connectivity index (χ0v) is 10.0. The molecule has 0 spiro atoms. The van der Waals surface area contributed by atoms with E-state index in [0.717, 1.165) is 11.3 Å². The summed E-state index contributed by atoms with van der Waals surface area (Å²) in [7, 11) is 2.96. The Morgan fingerprint density at radius 2 is 1.94 bits per heavy atom. The van der Waals surface area contributed by atoms with Crippen LogP contribution in [-0.4, -0.2) is 24.7 Å². The summed E-state index contributed by atoms with van der Waals surface area (Å²) in [4.78, 5) is 15.9. The summed E-state index contributed by atoms with van der Waals surface area (Å²) in [6.45, 7) is 0. The van der Waals surface area contributed by atoms with Crippen LogP contribution in [0.15, 0.2) is 24.3 Å². The van der Waals surface area contributed by atoms with Gasteiger partial charge in [-0.1, -0.05) is 12.1 Å². The first-order chi connectivity index (χ1) is 7.67. The lowest BCUT2D eigenvalue weighted by atomic mass is 10.1. The van der Waals surface area contributed by atoms with Crippen molar-refractivity contribution < 1.29 is 14.4 Å². The van der Waals surface area contributed by atoms with Gasteiger partial charge in [0, 0.05) is 18.2 Å². The smallest absolute Gasteiger partial charge is 0.262 e. The molecule has 0 heterocycles. The molecular weight excluding hydrogens is 230 g/mol. The van der Waals surface area contributed by atoms with E-state index in [1.54, 1.807) is 7.11 Å². The number of ether oxygens (including phenoxy) is 1. The fourth-order valence-corrected chi connectivity index (χ4v) is 1.32. The van der Waals surface area contributed by atoms with E-state index in [4.69, 9.17) is 16.5 Å². The van der Waals surface area contributed by atoms with Crippen LogP contribution >= 0.6 is 11.8 Å². The number of halogens is 1. The maximum Gasteiger partial charge on any atom is 0.262 e. The molecule has 1 aromatic rings. The van der Waals surface area contributed by atoms with Crippen LogP contribution < -0.4 is 4.74 Å². The lowest BCUT2D eigenvalue weighted by Gasteiger charge is -2.09. The van der Waals surface area contributed by atoms with Crippen molar-refractivity contribution in [3.05, 3.63) is 29.8 Å². The number of aryl methyl sites for hydroxylation is 1. The number of rotatable bonds is 5. The van der Waals surface area contributed by atoms with Gasteiger partial charge in [0.1, 0.15) is 5.75 Å². The highest BCUT2D eigenvalue weighted by atomic mass is 35.5. The summed E-state index contributed by atoms with van der Waals surface area (Å²) in [6.07, 6.45) is 0.930. The van der Waals surface area contributed by atoms with Crippen LogP contribution in [0.1, 0.15) is 12.0 Å². The van der Waals surface area contributed by atoms with Crippen LogP contribution in [0, 0.1) is 0 Å². The highest BCUT2D eigenvalue weighted by Crippen LogP contribution is 2.13. The first-order valence-electron chi connectivity index (χ1n) is 4.83. The fraction of sp³-hybridized carbons (Fsp3) is 0.364. The predicted octanol–water partition coefficient (Wildman–Crippen LogP) is 2.17. The molecule has 1 rings (SSSR count). The number of hydroxylamine groups is 1. The third-order valence-corrected chi connectivity index (χ3v) is 2.47. The largest absolute Gasteiger partial charge is 0.497 e. The minimum atomic E-state index is -0.264. The van der Waals surface area contributed by atoms with Crippen LogP contribution in [0.2, 0.25) is 0 Å². The molecule has 0 aliphatic rings. The Kier molecular flexibility index (Phi) is 5.08. The van der Waals surface area contributed by atoms with Crippen molar-refractivity contribution in [2.24, 2.45) is 0 Å². The predicted molar refractivity (Wildman–Crippen MR) is 61.0 cm³/mol. The van der Waals surface area contributed by atoms with Crippen LogP contribution in [-0.2, 0) is 16.1 Å². The molecule has 0 atom stereocenters. The van der Waals surface area contributed by atoms with E-state index in [2.05, 4.69) is 4.84 Å². The zero-order chi connectivity index (χ0) is 12.0. The molecule has 0 aromatic heterocycles. The summed E-state index contributed by atoms with van der Waals surface area (Å²) in [5, 5.41) is 0. The van der Waals surface area contributed by atoms with Gasteiger partial charge >= 0.3 is 0 Å². The maximum atomic E-state index is 11.3. The molecule has 5 heteroatoms. The second-order valence-electron chi connectivity index (χ2n) is 3.17. The Bertz CT molecular complexity index is 340. The van der Waals surface area contributed by atoms with Gasteiger partial charge in [-0.25, -0.2) is 0 Å². The van der Waals surface area contributed by atoms with Crippen molar-refractivity contribution in [1.29, 1.82) is 0 Å². The van der Waals surface area contributed by atoms with Crippen molar-refractivity contribution in [2.75, 3.05) is 14.2 Å². The maximum absolute atomic E-state index is 11.3. The molecule has 88 valence electrons. The Hall–Kier alpha value is -1.26. The standard InChI is InChI=1S/C11H14ClNO3/c1-15-10-6-3-9(4-7-10)5-8-11(14)13(12)16-2/h3-4,6-7H,5,8H2,1-2H3. The van der Waals surface area contributed by atoms with Gasteiger partial charge in [-0.05, 0) is 24.1 Å². The minimum absolute atomic E-state index is 0.264. The second kappa shape index (κ2) is 6.35. The van der Waals surface area contributed by atoms with Gasteiger partial charge in [-0.3, -0.25) is 9.63 Å². The van der Waals surface area contributed by atoms with E-state index in [1.807, 2.05) is 24.3 Å². The van der Waals surface area contributed by atoms with E-state index in [-0.39, 0.29) is 5.91 Å². The lowest BCUT2D eigenvalue weighted by Crippen LogP contribution is -2.20. The van der Waals surface area contributed by atoms with Crippen LogP contribution in [0.5, 0.6) is 5.75 Å². The van der Waals surface area contributed by atoms with Gasteiger partial charge < -0.3 is 4.74 Å². The summed E-state index contributed by atoms with van der Waals surface area (Å²) >= 11 is 5.47. The highest BCUT2D eigenvalue weighted by Gasteiger charge is 2.09. The van der Waals surface area contributed by atoms with Crippen molar-refractivity contribution in [2.45, 2.75) is 12.8 Å². The number of carbonyl (C=O) groups excluding carboxylic acids is 1. The molecule has 0 aliphatic carbocycles. The van der Waals surface area contributed by atoms with E-state index < -0.39 is 0 Å². The summed E-state index contributed by atoms with van der Waals surface area (Å²) in [5.74, 6) is 0.533. The van der Waals surface area contributed by atoms with Gasteiger partial charge in [0.2, 0.25) is 0 Å². The fourth-order valence-electron chi connectivity index (χ4n) is 1.23. The number of amides is 1. The topological polar surface area (TPSA) is 38.8 Å². The van der Waals surface area contributed by atoms with Gasteiger partial charge in [-0.15, -0.1) is 4.58 Å². The number of hydrogen-bond donors (Lipinski definition) is 0. The molecule has 0 N–H and O–H groups in total. The van der Waals surface area contributed by atoms with Crippen molar-refractivity contribution >= 4 is 17.7 Å². The van der Waals surface area contributed by atoms with E-state index in [1.165, 1.54) is 7.11 Å². The summed E-state index contributed by atoms with van der Waals surface area (Å²) in [5.41, 5.74) is 1.05. The molecule has 0 bridgehead atoms. The van der Waals surface area contributed by atoms with Crippen molar-refractivity contribution in [3.8, 4) is 5.75 Å². The number of benzene rings is 1. The Balaban J connectivity index is 2.45. The second-order valence-corrected chi connectivity index (χ2v) is 3.48. The Morgan fingerprint density at radius 3 is 2.44 bits per heavy atom. The average molecular weight is 244 g/mol. The van der Waals surface area contributed by atoms with Gasteiger partial charge in [0.15, 0.2) is 0 Å². The first kappa shape index (κ1) is 12.8. The number of nitrogens with zero attached hydrogens (tertiary/aromatic N) is 1. The SMILES string of the molecule is COc1ccc(CCC(=O)N(Cl)OC)cc1. The third-order valence-electron chi connectivity index (χ3n) is 2.14. The highest BCUT2D eigenvalue weighted by molar-refractivity contribution is 6.20. The quantitative estimate of drug-likeness (QED) is 0.588. The van der Waals surface area contributed by atoms with Crippen molar-refractivity contribution in [1.82, 2.24) is 4.58 Å². The molecular formula is C11H14ClNO3. The lowest BCUT2D eigenvalue weighted by molar-refractivity contribution is -0.152. The van der Waals surface area contributed by atoms with Crippen molar-refractivity contribution in [3.63, 3.8) is 0 Å². The first-order valence-corrected chi connectivity index (χ1v) is 5.17. The van der Waals surface area contributed by atoms with Crippen LogP contribution in [0.3, 0.4) is 0 Å². The molecule has 0 saturated carbocycles. The molecule has 0 saturated heterocycles.